The van der Waals surface area contributed by atoms with Gasteiger partial charge in [-0.15, -0.1) is 0 Å². The third-order valence-electron chi connectivity index (χ3n) is 3.15. The molecule has 104 valence electrons. The Labute approximate surface area is 124 Å². The Morgan fingerprint density at radius 3 is 2.25 bits per heavy atom. The molecule has 0 saturated heterocycles. The first-order valence-electron chi connectivity index (χ1n) is 6.42. The van der Waals surface area contributed by atoms with Crippen LogP contribution in [0, 0.1) is 5.41 Å². The highest BCUT2D eigenvalue weighted by atomic mass is 35.5. The lowest BCUT2D eigenvalue weighted by Gasteiger charge is -2.19. The van der Waals surface area contributed by atoms with E-state index in [0.29, 0.717) is 0 Å². The molecule has 0 unspecified atom stereocenters. The summed E-state index contributed by atoms with van der Waals surface area (Å²) in [6, 6.07) is 15.6. The van der Waals surface area contributed by atoms with Gasteiger partial charge in [0.05, 0.1) is 0 Å². The van der Waals surface area contributed by atoms with Crippen molar-refractivity contribution in [1.82, 2.24) is 4.90 Å². The minimum atomic E-state index is 0.103. The molecule has 0 radical (unpaired) electrons. The molecule has 3 N–H and O–H groups in total. The fraction of sp³-hybridized carbons (Fsp3) is 0.188. The second-order valence-electron chi connectivity index (χ2n) is 4.83. The van der Waals surface area contributed by atoms with E-state index in [9.17, 15) is 0 Å². The first kappa shape index (κ1) is 14.6. The lowest BCUT2D eigenvalue weighted by atomic mass is 10.1. The maximum atomic E-state index is 7.61. The first-order chi connectivity index (χ1) is 9.58. The standard InChI is InChI=1S/C16H18ClN3/c1-20(11-13-7-3-5-9-15(13)17)10-12-6-2-4-8-14(12)16(18)19/h2-9H,10-11H2,1H3,(H3,18,19). The summed E-state index contributed by atoms with van der Waals surface area (Å²) in [5.74, 6) is 0.103. The Kier molecular flexibility index (Phi) is 4.77. The van der Waals surface area contributed by atoms with Gasteiger partial charge in [-0.3, -0.25) is 10.3 Å². The molecular weight excluding hydrogens is 270 g/mol. The number of hydrogen-bond acceptors (Lipinski definition) is 2. The molecule has 3 nitrogen and oxygen atoms in total. The number of nitrogens with zero attached hydrogens (tertiary/aromatic N) is 1. The predicted molar refractivity (Wildman–Crippen MR) is 84.1 cm³/mol. The van der Waals surface area contributed by atoms with E-state index in [0.717, 1.165) is 34.8 Å². The van der Waals surface area contributed by atoms with Crippen molar-refractivity contribution in [2.24, 2.45) is 5.73 Å². The highest BCUT2D eigenvalue weighted by Gasteiger charge is 2.09. The van der Waals surface area contributed by atoms with E-state index >= 15 is 0 Å². The van der Waals surface area contributed by atoms with Crippen molar-refractivity contribution < 1.29 is 0 Å². The quantitative estimate of drug-likeness (QED) is 0.655. The molecule has 0 atom stereocenters. The molecule has 0 aliphatic rings. The van der Waals surface area contributed by atoms with Crippen LogP contribution in [0.15, 0.2) is 48.5 Å². The van der Waals surface area contributed by atoms with Crippen molar-refractivity contribution in [2.45, 2.75) is 13.1 Å². The molecule has 4 heteroatoms. The molecule has 0 aliphatic carbocycles. The van der Waals surface area contributed by atoms with Crippen LogP contribution < -0.4 is 5.73 Å². The van der Waals surface area contributed by atoms with Gasteiger partial charge in [-0.05, 0) is 24.2 Å². The van der Waals surface area contributed by atoms with Crippen LogP contribution in [-0.2, 0) is 13.1 Å². The van der Waals surface area contributed by atoms with Crippen LogP contribution in [0.3, 0.4) is 0 Å². The number of nitrogens with two attached hydrogens (primary N) is 1. The van der Waals surface area contributed by atoms with E-state index in [1.54, 1.807) is 0 Å². The van der Waals surface area contributed by atoms with E-state index in [-0.39, 0.29) is 5.84 Å². The van der Waals surface area contributed by atoms with Crippen LogP contribution in [0.4, 0.5) is 0 Å². The average molecular weight is 288 g/mol. The van der Waals surface area contributed by atoms with Crippen LogP contribution in [0.5, 0.6) is 0 Å². The van der Waals surface area contributed by atoms with Crippen molar-refractivity contribution in [3.05, 3.63) is 70.2 Å². The summed E-state index contributed by atoms with van der Waals surface area (Å²) in [5.41, 5.74) is 8.55. The number of rotatable bonds is 5. The van der Waals surface area contributed by atoms with Gasteiger partial charge in [0.2, 0.25) is 0 Å². The van der Waals surface area contributed by atoms with Crippen molar-refractivity contribution in [1.29, 1.82) is 5.41 Å². The van der Waals surface area contributed by atoms with Crippen LogP contribution in [-0.4, -0.2) is 17.8 Å². The third-order valence-corrected chi connectivity index (χ3v) is 3.51. The second-order valence-corrected chi connectivity index (χ2v) is 5.24. The minimum absolute atomic E-state index is 0.103. The summed E-state index contributed by atoms with van der Waals surface area (Å²) in [6.45, 7) is 1.48. The number of hydrogen-bond donors (Lipinski definition) is 2. The molecule has 20 heavy (non-hydrogen) atoms. The van der Waals surface area contributed by atoms with Crippen LogP contribution >= 0.6 is 11.6 Å². The summed E-state index contributed by atoms with van der Waals surface area (Å²) in [4.78, 5) is 2.16. The summed E-state index contributed by atoms with van der Waals surface area (Å²) >= 11 is 6.17. The number of nitrogen functional groups attached to an aromatic ring is 1. The molecule has 0 heterocycles. The third kappa shape index (κ3) is 3.59. The lowest BCUT2D eigenvalue weighted by Crippen LogP contribution is -2.21. The zero-order chi connectivity index (χ0) is 14.5. The van der Waals surface area contributed by atoms with Gasteiger partial charge < -0.3 is 5.73 Å². The van der Waals surface area contributed by atoms with Crippen LogP contribution in [0.25, 0.3) is 0 Å². The SMILES string of the molecule is CN(Cc1ccccc1Cl)Cc1ccccc1C(=N)N. The van der Waals surface area contributed by atoms with Gasteiger partial charge in [0.1, 0.15) is 5.84 Å². The molecule has 2 rings (SSSR count). The Morgan fingerprint density at radius 2 is 1.60 bits per heavy atom. The zero-order valence-corrected chi connectivity index (χ0v) is 12.2. The largest absolute Gasteiger partial charge is 0.384 e. The number of amidine groups is 1. The fourth-order valence-electron chi connectivity index (χ4n) is 2.19. The number of halogens is 1. The normalized spacial score (nSPS) is 10.8. The van der Waals surface area contributed by atoms with Gasteiger partial charge in [0.15, 0.2) is 0 Å². The van der Waals surface area contributed by atoms with Gasteiger partial charge in [-0.1, -0.05) is 54.1 Å². The monoisotopic (exact) mass is 287 g/mol. The topological polar surface area (TPSA) is 53.1 Å². The Balaban J connectivity index is 2.11. The Bertz CT molecular complexity index is 610. The Hall–Kier alpha value is -1.84. The first-order valence-corrected chi connectivity index (χ1v) is 6.80. The van der Waals surface area contributed by atoms with Crippen LogP contribution in [0.2, 0.25) is 5.02 Å². The van der Waals surface area contributed by atoms with E-state index in [1.807, 2.05) is 55.6 Å². The van der Waals surface area contributed by atoms with E-state index in [1.165, 1.54) is 0 Å². The summed E-state index contributed by atoms with van der Waals surface area (Å²) < 4.78 is 0. The molecule has 0 amide bonds. The fourth-order valence-corrected chi connectivity index (χ4v) is 2.38. The summed E-state index contributed by atoms with van der Waals surface area (Å²) in [5, 5.41) is 8.39. The highest BCUT2D eigenvalue weighted by Crippen LogP contribution is 2.18. The lowest BCUT2D eigenvalue weighted by molar-refractivity contribution is 0.319. The molecular formula is C16H18ClN3. The van der Waals surface area contributed by atoms with Gasteiger partial charge in [0.25, 0.3) is 0 Å². The number of benzene rings is 2. The molecule has 2 aromatic carbocycles. The maximum Gasteiger partial charge on any atom is 0.123 e. The summed E-state index contributed by atoms with van der Waals surface area (Å²) in [6.07, 6.45) is 0. The molecule has 0 fully saturated rings. The van der Waals surface area contributed by atoms with Crippen LogP contribution in [0.1, 0.15) is 16.7 Å². The van der Waals surface area contributed by atoms with E-state index in [4.69, 9.17) is 22.7 Å². The second kappa shape index (κ2) is 6.55. The van der Waals surface area contributed by atoms with Gasteiger partial charge in [0, 0.05) is 23.7 Å². The molecule has 0 spiro atoms. The van der Waals surface area contributed by atoms with Crippen molar-refractivity contribution >= 4 is 17.4 Å². The predicted octanol–water partition coefficient (Wildman–Crippen LogP) is 3.26. The zero-order valence-electron chi connectivity index (χ0n) is 11.4. The smallest absolute Gasteiger partial charge is 0.123 e. The average Bonchev–Trinajstić information content (AvgIpc) is 2.41. The molecule has 2 aromatic rings. The maximum absolute atomic E-state index is 7.61. The summed E-state index contributed by atoms with van der Waals surface area (Å²) in [7, 11) is 2.03. The van der Waals surface area contributed by atoms with Crippen molar-refractivity contribution in [3.8, 4) is 0 Å². The van der Waals surface area contributed by atoms with Gasteiger partial charge in [-0.25, -0.2) is 0 Å². The van der Waals surface area contributed by atoms with E-state index in [2.05, 4.69) is 4.90 Å². The molecule has 0 bridgehead atoms. The van der Waals surface area contributed by atoms with Gasteiger partial charge in [-0.2, -0.15) is 0 Å². The Morgan fingerprint density at radius 1 is 1.05 bits per heavy atom. The van der Waals surface area contributed by atoms with Gasteiger partial charge >= 0.3 is 0 Å². The van der Waals surface area contributed by atoms with Crippen molar-refractivity contribution in [3.63, 3.8) is 0 Å². The highest BCUT2D eigenvalue weighted by molar-refractivity contribution is 6.31. The van der Waals surface area contributed by atoms with E-state index < -0.39 is 0 Å². The molecule has 0 saturated carbocycles. The van der Waals surface area contributed by atoms with Crippen molar-refractivity contribution in [2.75, 3.05) is 7.05 Å². The molecule has 0 aliphatic heterocycles. The molecule has 0 aromatic heterocycles. The minimum Gasteiger partial charge on any atom is -0.384 e. The number of nitrogens with one attached hydrogen (secondary N) is 1.